The second-order valence-electron chi connectivity index (χ2n) is 15.0. The third kappa shape index (κ3) is 8.78. The van der Waals surface area contributed by atoms with Gasteiger partial charge < -0.3 is 14.7 Å². The highest BCUT2D eigenvalue weighted by atomic mass is 32.2. The van der Waals surface area contributed by atoms with Gasteiger partial charge >= 0.3 is 5.97 Å². The zero-order valence-corrected chi connectivity index (χ0v) is 30.8. The van der Waals surface area contributed by atoms with Crippen molar-refractivity contribution < 1.29 is 27.4 Å². The van der Waals surface area contributed by atoms with Gasteiger partial charge in [0.2, 0.25) is 10.0 Å². The molecular weight excluding hydrogens is 654 g/mol. The highest BCUT2D eigenvalue weighted by Crippen LogP contribution is 2.45. The number of carboxylic acid groups (broad SMARTS) is 1. The topological polar surface area (TPSA) is 109 Å². The molecule has 1 aliphatic heterocycles. The summed E-state index contributed by atoms with van der Waals surface area (Å²) < 4.78 is 49.4. The molecule has 2 N–H and O–H groups in total. The zero-order chi connectivity index (χ0) is 36.4. The van der Waals surface area contributed by atoms with Crippen LogP contribution < -0.4 is 9.62 Å². The minimum atomic E-state index is -3.87. The average molecular weight is 702 g/mol. The number of carboxylic acids is 1. The molecule has 1 fully saturated rings. The first-order valence-corrected chi connectivity index (χ1v) is 18.5. The van der Waals surface area contributed by atoms with Crippen LogP contribution in [0.25, 0.3) is 11.1 Å². The lowest BCUT2D eigenvalue weighted by atomic mass is 9.81. The number of halogens is 1. The van der Waals surface area contributed by atoms with Crippen molar-refractivity contribution in [2.24, 2.45) is 5.41 Å². The quantitative estimate of drug-likeness (QED) is 0.163. The molecule has 8 nitrogen and oxygen atoms in total. The lowest BCUT2D eigenvalue weighted by molar-refractivity contribution is -0.160. The molecule has 1 aliphatic rings. The summed E-state index contributed by atoms with van der Waals surface area (Å²) in [5, 5.41) is 10.5. The summed E-state index contributed by atoms with van der Waals surface area (Å²) in [7, 11) is -3.87. The monoisotopic (exact) mass is 701 g/mol. The SMILES string of the molecule is Cc1nc(C)c([C@H](OC(C)(C)C)C(=O)O)c(N2CCC(C)(C)CC2)c1-c1ccc(CNS(=O)(=O)c2ccccc2Cc2ccc(F)cc2)cc1. The number of hydrogen-bond donors (Lipinski definition) is 2. The first-order valence-electron chi connectivity index (χ1n) is 17.0. The van der Waals surface area contributed by atoms with Crippen LogP contribution in [0.1, 0.15) is 87.2 Å². The van der Waals surface area contributed by atoms with Crippen molar-refractivity contribution in [2.45, 2.75) is 90.9 Å². The molecule has 1 atom stereocenters. The first kappa shape index (κ1) is 37.1. The molecule has 0 amide bonds. The Bertz CT molecular complexity index is 1940. The number of pyridine rings is 1. The number of sulfonamides is 1. The maximum absolute atomic E-state index is 13.5. The van der Waals surface area contributed by atoms with Crippen molar-refractivity contribution in [3.8, 4) is 11.1 Å². The van der Waals surface area contributed by atoms with Crippen LogP contribution in [0.15, 0.2) is 77.7 Å². The molecule has 50 heavy (non-hydrogen) atoms. The fourth-order valence-corrected chi connectivity index (χ4v) is 7.79. The number of hydrogen-bond acceptors (Lipinski definition) is 6. The summed E-state index contributed by atoms with van der Waals surface area (Å²) in [6, 6.07) is 20.5. The number of piperidine rings is 1. The Balaban J connectivity index is 1.47. The van der Waals surface area contributed by atoms with Crippen LogP contribution in [0.3, 0.4) is 0 Å². The van der Waals surface area contributed by atoms with E-state index in [2.05, 4.69) is 23.5 Å². The first-order chi connectivity index (χ1) is 23.4. The Labute approximate surface area is 295 Å². The molecule has 5 rings (SSSR count). The van der Waals surface area contributed by atoms with Crippen LogP contribution in [0.4, 0.5) is 10.1 Å². The smallest absolute Gasteiger partial charge is 0.337 e. The van der Waals surface area contributed by atoms with Crippen molar-refractivity contribution in [3.05, 3.63) is 112 Å². The van der Waals surface area contributed by atoms with Gasteiger partial charge in [-0.15, -0.1) is 0 Å². The van der Waals surface area contributed by atoms with Crippen molar-refractivity contribution in [2.75, 3.05) is 18.0 Å². The summed E-state index contributed by atoms with van der Waals surface area (Å²) in [5.41, 5.74) is 6.12. The van der Waals surface area contributed by atoms with E-state index < -0.39 is 27.7 Å². The van der Waals surface area contributed by atoms with E-state index in [4.69, 9.17) is 9.72 Å². The highest BCUT2D eigenvalue weighted by molar-refractivity contribution is 7.89. The number of ether oxygens (including phenoxy) is 1. The number of rotatable bonds is 11. The van der Waals surface area contributed by atoms with Crippen LogP contribution in [0.5, 0.6) is 0 Å². The van der Waals surface area contributed by atoms with Gasteiger partial charge in [-0.3, -0.25) is 4.98 Å². The number of benzene rings is 3. The van der Waals surface area contributed by atoms with Gasteiger partial charge in [0.05, 0.1) is 16.2 Å². The van der Waals surface area contributed by atoms with Gasteiger partial charge in [0.15, 0.2) is 6.10 Å². The summed E-state index contributed by atoms with van der Waals surface area (Å²) >= 11 is 0. The zero-order valence-electron chi connectivity index (χ0n) is 30.0. The van der Waals surface area contributed by atoms with Crippen molar-refractivity contribution in [3.63, 3.8) is 0 Å². The van der Waals surface area contributed by atoms with Gasteiger partial charge in [0.25, 0.3) is 0 Å². The Morgan fingerprint density at radius 2 is 1.56 bits per heavy atom. The van der Waals surface area contributed by atoms with Gasteiger partial charge in [-0.25, -0.2) is 22.3 Å². The predicted molar refractivity (Wildman–Crippen MR) is 195 cm³/mol. The number of aliphatic carboxylic acids is 1. The number of aryl methyl sites for hydroxylation is 2. The molecule has 0 saturated carbocycles. The van der Waals surface area contributed by atoms with Gasteiger partial charge in [-0.2, -0.15) is 0 Å². The largest absolute Gasteiger partial charge is 0.479 e. The summed E-state index contributed by atoms with van der Waals surface area (Å²) in [5.74, 6) is -1.41. The molecule has 1 aromatic heterocycles. The minimum Gasteiger partial charge on any atom is -0.479 e. The van der Waals surface area contributed by atoms with Crippen LogP contribution in [-0.4, -0.2) is 43.2 Å². The van der Waals surface area contributed by atoms with Crippen LogP contribution in [0, 0.1) is 25.1 Å². The van der Waals surface area contributed by atoms with Gasteiger partial charge in [-0.1, -0.05) is 68.4 Å². The predicted octanol–water partition coefficient (Wildman–Crippen LogP) is 8.14. The maximum atomic E-state index is 13.5. The Kier molecular flexibility index (Phi) is 10.9. The summed E-state index contributed by atoms with van der Waals surface area (Å²) in [4.78, 5) is 20.1. The molecule has 3 aromatic carbocycles. The van der Waals surface area contributed by atoms with Gasteiger partial charge in [0.1, 0.15) is 5.82 Å². The normalized spacial score (nSPS) is 15.6. The Hall–Kier alpha value is -4.12. The van der Waals surface area contributed by atoms with E-state index in [-0.39, 0.29) is 22.7 Å². The number of anilines is 1. The maximum Gasteiger partial charge on any atom is 0.337 e. The number of carbonyl (C=O) groups is 1. The molecule has 0 aliphatic carbocycles. The Morgan fingerprint density at radius 3 is 2.16 bits per heavy atom. The van der Waals surface area contributed by atoms with Gasteiger partial charge in [-0.05, 0) is 99.7 Å². The molecule has 0 unspecified atom stereocenters. The fourth-order valence-electron chi connectivity index (χ4n) is 6.53. The molecule has 0 bridgehead atoms. The molecule has 10 heteroatoms. The minimum absolute atomic E-state index is 0.0679. The molecule has 1 saturated heterocycles. The second kappa shape index (κ2) is 14.6. The molecular formula is C40H48FN3O5S. The molecule has 0 spiro atoms. The van der Waals surface area contributed by atoms with Crippen molar-refractivity contribution in [1.82, 2.24) is 9.71 Å². The molecule has 4 aromatic rings. The third-order valence-corrected chi connectivity index (χ3v) is 10.8. The van der Waals surface area contributed by atoms with E-state index in [1.54, 1.807) is 36.4 Å². The van der Waals surface area contributed by atoms with E-state index in [1.165, 1.54) is 12.1 Å². The standard InChI is InChI=1S/C40H48FN3O5S/c1-26-34(36(44-22-20-40(6,7)21-23-44)35(27(2)43-26)37(38(45)46)49-39(3,4)5)30-16-12-29(13-17-30)25-42-50(47,48)33-11-9-8-10-31(33)24-28-14-18-32(41)19-15-28/h8-19,37,42H,20-25H2,1-7H3,(H,45,46)/t37-/m0/s1. The van der Waals surface area contributed by atoms with E-state index >= 15 is 0 Å². The summed E-state index contributed by atoms with van der Waals surface area (Å²) in [6.45, 7) is 15.4. The molecule has 2 heterocycles. The van der Waals surface area contributed by atoms with Crippen LogP contribution >= 0.6 is 0 Å². The van der Waals surface area contributed by atoms with Crippen molar-refractivity contribution in [1.29, 1.82) is 0 Å². The lowest BCUT2D eigenvalue weighted by Crippen LogP contribution is -2.39. The number of aromatic nitrogens is 1. The van der Waals surface area contributed by atoms with Crippen LogP contribution in [0.2, 0.25) is 0 Å². The third-order valence-electron chi connectivity index (χ3n) is 9.25. The average Bonchev–Trinajstić information content (AvgIpc) is 3.04. The van der Waals surface area contributed by atoms with E-state index in [1.807, 2.05) is 58.9 Å². The van der Waals surface area contributed by atoms with Crippen molar-refractivity contribution >= 4 is 21.7 Å². The molecule has 266 valence electrons. The van der Waals surface area contributed by atoms with E-state index in [9.17, 15) is 22.7 Å². The van der Waals surface area contributed by atoms with Gasteiger partial charge in [0, 0.05) is 42.1 Å². The highest BCUT2D eigenvalue weighted by Gasteiger charge is 2.36. The summed E-state index contributed by atoms with van der Waals surface area (Å²) in [6.07, 6.45) is 1.04. The fraction of sp³-hybridized carbons (Fsp3) is 0.400. The van der Waals surface area contributed by atoms with E-state index in [0.29, 0.717) is 23.2 Å². The second-order valence-corrected chi connectivity index (χ2v) is 16.7. The number of nitrogens with zero attached hydrogens (tertiary/aromatic N) is 2. The lowest BCUT2D eigenvalue weighted by Gasteiger charge is -2.41. The number of nitrogens with one attached hydrogen (secondary N) is 1. The Morgan fingerprint density at radius 1 is 0.960 bits per heavy atom. The molecule has 0 radical (unpaired) electrons. The van der Waals surface area contributed by atoms with Crippen LogP contribution in [-0.2, 0) is 32.5 Å². The van der Waals surface area contributed by atoms with E-state index in [0.717, 1.165) is 59.6 Å².